The fourth-order valence-electron chi connectivity index (χ4n) is 1.50. The molecule has 0 N–H and O–H groups in total. The number of halogens is 1. The molecule has 0 radical (unpaired) electrons. The minimum absolute atomic E-state index is 0.157. The van der Waals surface area contributed by atoms with Gasteiger partial charge in [-0.1, -0.05) is 0 Å². The Bertz CT molecular complexity index is 547. The zero-order chi connectivity index (χ0) is 12.4. The van der Waals surface area contributed by atoms with E-state index >= 15 is 0 Å². The molecule has 2 aromatic rings. The van der Waals surface area contributed by atoms with Gasteiger partial charge in [-0.15, -0.1) is 0 Å². The van der Waals surface area contributed by atoms with E-state index in [2.05, 4.69) is 26.1 Å². The summed E-state index contributed by atoms with van der Waals surface area (Å²) in [5.74, 6) is -0.157. The Morgan fingerprint density at radius 2 is 2.35 bits per heavy atom. The molecule has 2 rings (SSSR count). The van der Waals surface area contributed by atoms with E-state index < -0.39 is 4.92 Å². The Balaban J connectivity index is 2.07. The second kappa shape index (κ2) is 4.66. The number of aryl methyl sites for hydroxylation is 3. The summed E-state index contributed by atoms with van der Waals surface area (Å²) in [6.45, 7) is 0.575. The molecule has 0 fully saturated rings. The van der Waals surface area contributed by atoms with Gasteiger partial charge in [-0.2, -0.15) is 9.78 Å². The largest absolute Gasteiger partial charge is 0.404 e. The molecule has 0 atom stereocenters. The lowest BCUT2D eigenvalue weighted by atomic mass is 10.3. The van der Waals surface area contributed by atoms with Crippen molar-refractivity contribution in [3.8, 4) is 0 Å². The Kier molecular flexibility index (Phi) is 3.23. The smallest absolute Gasteiger partial charge is 0.358 e. The predicted molar refractivity (Wildman–Crippen MR) is 63.5 cm³/mol. The normalized spacial score (nSPS) is 10.7. The van der Waals surface area contributed by atoms with Crippen LogP contribution in [-0.4, -0.2) is 24.5 Å². The molecule has 17 heavy (non-hydrogen) atoms. The first-order valence-corrected chi connectivity index (χ1v) is 5.71. The topological polar surface area (TPSA) is 78.8 Å². The fourth-order valence-corrected chi connectivity index (χ4v) is 1.96. The summed E-state index contributed by atoms with van der Waals surface area (Å²) < 4.78 is 3.72. The van der Waals surface area contributed by atoms with E-state index in [0.717, 1.165) is 12.1 Å². The summed E-state index contributed by atoms with van der Waals surface area (Å²) in [5.41, 5.74) is 1.05. The maximum atomic E-state index is 10.6. The molecular weight excluding hydrogens is 290 g/mol. The van der Waals surface area contributed by atoms with Gasteiger partial charge in [-0.25, -0.2) is 0 Å². The zero-order valence-electron chi connectivity index (χ0n) is 9.08. The molecule has 0 aliphatic heterocycles. The molecule has 0 spiro atoms. The second-order valence-electron chi connectivity index (χ2n) is 3.52. The van der Waals surface area contributed by atoms with Gasteiger partial charge in [-0.3, -0.25) is 4.68 Å². The van der Waals surface area contributed by atoms with Crippen LogP contribution in [0.1, 0.15) is 5.69 Å². The van der Waals surface area contributed by atoms with Crippen LogP contribution in [0.2, 0.25) is 0 Å². The molecule has 8 heteroatoms. The molecule has 0 aliphatic rings. The van der Waals surface area contributed by atoms with Gasteiger partial charge in [0.05, 0.1) is 17.8 Å². The van der Waals surface area contributed by atoms with Crippen molar-refractivity contribution in [2.75, 3.05) is 0 Å². The highest BCUT2D eigenvalue weighted by atomic mass is 79.9. The van der Waals surface area contributed by atoms with Crippen LogP contribution >= 0.6 is 15.9 Å². The van der Waals surface area contributed by atoms with E-state index in [4.69, 9.17) is 0 Å². The molecule has 0 unspecified atom stereocenters. The van der Waals surface area contributed by atoms with Gasteiger partial charge in [-0.05, 0) is 26.9 Å². The maximum absolute atomic E-state index is 10.6. The van der Waals surface area contributed by atoms with Gasteiger partial charge in [0.25, 0.3) is 0 Å². The summed E-state index contributed by atoms with van der Waals surface area (Å²) in [7, 11) is 1.86. The maximum Gasteiger partial charge on any atom is 0.404 e. The first kappa shape index (κ1) is 11.8. The van der Waals surface area contributed by atoms with Crippen LogP contribution in [-0.2, 0) is 20.0 Å². The highest BCUT2D eigenvalue weighted by Gasteiger charge is 2.18. The standard InChI is InChI=1S/C9H10BrN5O2/c1-13-7(2-4-11-13)3-5-14-6-8(10)9(12-14)15(16)17/h2,4,6H,3,5H2,1H3. The number of hydrogen-bond donors (Lipinski definition) is 0. The van der Waals surface area contributed by atoms with Crippen LogP contribution in [0.15, 0.2) is 22.9 Å². The van der Waals surface area contributed by atoms with Gasteiger partial charge in [0.15, 0.2) is 0 Å². The molecule has 0 saturated heterocycles. The lowest BCUT2D eigenvalue weighted by molar-refractivity contribution is -0.390. The number of hydrogen-bond acceptors (Lipinski definition) is 4. The third-order valence-electron chi connectivity index (χ3n) is 2.39. The molecule has 0 aromatic carbocycles. The van der Waals surface area contributed by atoms with E-state index in [-0.39, 0.29) is 5.82 Å². The Morgan fingerprint density at radius 3 is 2.88 bits per heavy atom. The molecule has 0 amide bonds. The quantitative estimate of drug-likeness (QED) is 0.633. The van der Waals surface area contributed by atoms with Gasteiger partial charge >= 0.3 is 5.82 Å². The van der Waals surface area contributed by atoms with Crippen LogP contribution in [0, 0.1) is 10.1 Å². The highest BCUT2D eigenvalue weighted by molar-refractivity contribution is 9.10. The van der Waals surface area contributed by atoms with E-state index in [1.807, 2.05) is 13.1 Å². The molecule has 0 aliphatic carbocycles. The monoisotopic (exact) mass is 299 g/mol. The van der Waals surface area contributed by atoms with Gasteiger partial charge in [0.2, 0.25) is 0 Å². The summed E-state index contributed by atoms with van der Waals surface area (Å²) in [5, 5.41) is 18.5. The van der Waals surface area contributed by atoms with Crippen molar-refractivity contribution in [1.29, 1.82) is 0 Å². The summed E-state index contributed by atoms with van der Waals surface area (Å²) >= 11 is 3.11. The molecular formula is C9H10BrN5O2. The van der Waals surface area contributed by atoms with Crippen LogP contribution in [0.3, 0.4) is 0 Å². The van der Waals surface area contributed by atoms with Crippen molar-refractivity contribution < 1.29 is 4.92 Å². The average Bonchev–Trinajstić information content (AvgIpc) is 2.82. The van der Waals surface area contributed by atoms with Crippen molar-refractivity contribution in [3.05, 3.63) is 38.7 Å². The number of nitro groups is 1. The van der Waals surface area contributed by atoms with Gasteiger partial charge in [0.1, 0.15) is 4.47 Å². The van der Waals surface area contributed by atoms with Crippen LogP contribution < -0.4 is 0 Å². The van der Waals surface area contributed by atoms with E-state index in [9.17, 15) is 10.1 Å². The molecule has 90 valence electrons. The molecule has 2 aromatic heterocycles. The van der Waals surface area contributed by atoms with E-state index in [1.165, 1.54) is 0 Å². The van der Waals surface area contributed by atoms with Crippen molar-refractivity contribution in [1.82, 2.24) is 19.6 Å². The Labute approximate surface area is 105 Å². The van der Waals surface area contributed by atoms with Gasteiger partial charge in [0, 0.05) is 25.4 Å². The first-order valence-electron chi connectivity index (χ1n) is 4.92. The summed E-state index contributed by atoms with van der Waals surface area (Å²) in [4.78, 5) is 10.1. The third kappa shape index (κ3) is 2.52. The zero-order valence-corrected chi connectivity index (χ0v) is 10.7. The average molecular weight is 300 g/mol. The number of aromatic nitrogens is 4. The Hall–Kier alpha value is -1.70. The van der Waals surface area contributed by atoms with E-state index in [0.29, 0.717) is 11.0 Å². The minimum Gasteiger partial charge on any atom is -0.358 e. The minimum atomic E-state index is -0.509. The summed E-state index contributed by atoms with van der Waals surface area (Å²) in [6, 6.07) is 1.91. The second-order valence-corrected chi connectivity index (χ2v) is 4.37. The Morgan fingerprint density at radius 1 is 1.59 bits per heavy atom. The number of nitrogens with zero attached hydrogens (tertiary/aromatic N) is 5. The van der Waals surface area contributed by atoms with Crippen molar-refractivity contribution >= 4 is 21.7 Å². The van der Waals surface area contributed by atoms with Gasteiger partial charge < -0.3 is 10.1 Å². The van der Waals surface area contributed by atoms with E-state index in [1.54, 1.807) is 21.8 Å². The summed E-state index contributed by atoms with van der Waals surface area (Å²) in [6.07, 6.45) is 4.05. The molecule has 0 bridgehead atoms. The van der Waals surface area contributed by atoms with Crippen LogP contribution in [0.25, 0.3) is 0 Å². The lowest BCUT2D eigenvalue weighted by Crippen LogP contribution is -2.06. The first-order chi connectivity index (χ1) is 8.08. The third-order valence-corrected chi connectivity index (χ3v) is 2.95. The number of rotatable bonds is 4. The van der Waals surface area contributed by atoms with Crippen LogP contribution in [0.5, 0.6) is 0 Å². The SMILES string of the molecule is Cn1nccc1CCn1cc(Br)c([N+](=O)[O-])n1. The van der Waals surface area contributed by atoms with Crippen molar-refractivity contribution in [2.45, 2.75) is 13.0 Å². The fraction of sp³-hybridized carbons (Fsp3) is 0.333. The predicted octanol–water partition coefficient (Wildman–Crippen LogP) is 1.53. The highest BCUT2D eigenvalue weighted by Crippen LogP contribution is 2.22. The molecule has 7 nitrogen and oxygen atoms in total. The molecule has 0 saturated carbocycles. The van der Waals surface area contributed by atoms with Crippen molar-refractivity contribution in [2.24, 2.45) is 7.05 Å². The lowest BCUT2D eigenvalue weighted by Gasteiger charge is -1.99. The van der Waals surface area contributed by atoms with Crippen LogP contribution in [0.4, 0.5) is 5.82 Å². The van der Waals surface area contributed by atoms with Crippen molar-refractivity contribution in [3.63, 3.8) is 0 Å². The molecule has 2 heterocycles.